The molecule has 3 rings (SSSR count). The predicted octanol–water partition coefficient (Wildman–Crippen LogP) is 3.27. The molecule has 3 heteroatoms. The monoisotopic (exact) mass is 260 g/mol. The van der Waals surface area contributed by atoms with E-state index in [-0.39, 0.29) is 0 Å². The molecule has 3 nitrogen and oxygen atoms in total. The lowest BCUT2D eigenvalue weighted by atomic mass is 10.1. The van der Waals surface area contributed by atoms with Gasteiger partial charge in [-0.2, -0.15) is 0 Å². The summed E-state index contributed by atoms with van der Waals surface area (Å²) in [6.45, 7) is 4.25. The molecule has 1 atom stereocenters. The Bertz CT molecular complexity index is 395. The molecule has 2 aliphatic rings. The smallest absolute Gasteiger partial charge is 0.0748 e. The molecular formula is C16H24N2O. The fourth-order valence-corrected chi connectivity index (χ4v) is 3.06. The first-order valence-electron chi connectivity index (χ1n) is 7.63. The molecule has 0 saturated carbocycles. The number of piperidine rings is 1. The summed E-state index contributed by atoms with van der Waals surface area (Å²) in [5.41, 5.74) is 2.63. The van der Waals surface area contributed by atoms with Crippen LogP contribution in [0.1, 0.15) is 32.1 Å². The Kier molecular flexibility index (Phi) is 4.23. The number of rotatable bonds is 4. The van der Waals surface area contributed by atoms with Gasteiger partial charge in [-0.3, -0.25) is 0 Å². The van der Waals surface area contributed by atoms with E-state index in [1.165, 1.54) is 56.6 Å². The summed E-state index contributed by atoms with van der Waals surface area (Å²) in [6, 6.07) is 8.69. The Morgan fingerprint density at radius 1 is 1.11 bits per heavy atom. The van der Waals surface area contributed by atoms with Gasteiger partial charge in [0.05, 0.1) is 17.5 Å². The third kappa shape index (κ3) is 3.21. The number of para-hydroxylation sites is 2. The van der Waals surface area contributed by atoms with Crippen molar-refractivity contribution in [3.05, 3.63) is 24.3 Å². The first-order chi connectivity index (χ1) is 9.43. The zero-order valence-corrected chi connectivity index (χ0v) is 11.6. The molecule has 1 aromatic rings. The molecule has 0 aliphatic carbocycles. The van der Waals surface area contributed by atoms with E-state index in [4.69, 9.17) is 4.74 Å². The molecule has 2 heterocycles. The molecular weight excluding hydrogens is 236 g/mol. The van der Waals surface area contributed by atoms with Crippen LogP contribution in [0.5, 0.6) is 0 Å². The molecule has 1 aromatic carbocycles. The Labute approximate surface area is 115 Å². The second kappa shape index (κ2) is 6.29. The fraction of sp³-hybridized carbons (Fsp3) is 0.625. The van der Waals surface area contributed by atoms with Gasteiger partial charge >= 0.3 is 0 Å². The molecule has 1 N–H and O–H groups in total. The molecule has 19 heavy (non-hydrogen) atoms. The topological polar surface area (TPSA) is 24.5 Å². The summed E-state index contributed by atoms with van der Waals surface area (Å²) < 4.78 is 5.68. The maximum atomic E-state index is 5.68. The van der Waals surface area contributed by atoms with Crippen molar-refractivity contribution in [3.8, 4) is 0 Å². The number of nitrogens with zero attached hydrogens (tertiary/aromatic N) is 1. The molecule has 0 bridgehead atoms. The Morgan fingerprint density at radius 3 is 2.74 bits per heavy atom. The van der Waals surface area contributed by atoms with Crippen molar-refractivity contribution in [1.82, 2.24) is 0 Å². The minimum atomic E-state index is 0.398. The summed E-state index contributed by atoms with van der Waals surface area (Å²) in [5, 5.41) is 3.59. The molecule has 0 amide bonds. The van der Waals surface area contributed by atoms with Crippen LogP contribution in [0.3, 0.4) is 0 Å². The van der Waals surface area contributed by atoms with Crippen molar-refractivity contribution in [2.45, 2.75) is 38.2 Å². The zero-order chi connectivity index (χ0) is 12.9. The van der Waals surface area contributed by atoms with Gasteiger partial charge in [0.1, 0.15) is 0 Å². The van der Waals surface area contributed by atoms with Crippen molar-refractivity contribution in [2.75, 3.05) is 36.5 Å². The van der Waals surface area contributed by atoms with Crippen molar-refractivity contribution in [1.29, 1.82) is 0 Å². The van der Waals surface area contributed by atoms with Crippen LogP contribution in [0.2, 0.25) is 0 Å². The van der Waals surface area contributed by atoms with Crippen molar-refractivity contribution in [2.24, 2.45) is 0 Å². The van der Waals surface area contributed by atoms with Gasteiger partial charge in [0.2, 0.25) is 0 Å². The van der Waals surface area contributed by atoms with Crippen LogP contribution in [0, 0.1) is 0 Å². The average molecular weight is 260 g/mol. The SMILES string of the molecule is c1ccc(N2CCCCC2)c(NCC2CCCO2)c1. The fourth-order valence-electron chi connectivity index (χ4n) is 3.06. The van der Waals surface area contributed by atoms with E-state index in [0.717, 1.165) is 13.2 Å². The Balaban J connectivity index is 1.65. The molecule has 0 radical (unpaired) electrons. The molecule has 2 aliphatic heterocycles. The van der Waals surface area contributed by atoms with E-state index in [9.17, 15) is 0 Å². The van der Waals surface area contributed by atoms with E-state index in [1.54, 1.807) is 0 Å². The average Bonchev–Trinajstić information content (AvgIpc) is 3.00. The number of anilines is 2. The second-order valence-corrected chi connectivity index (χ2v) is 5.58. The third-order valence-electron chi connectivity index (χ3n) is 4.14. The third-order valence-corrected chi connectivity index (χ3v) is 4.14. The van der Waals surface area contributed by atoms with Crippen LogP contribution in [-0.2, 0) is 4.74 Å². The molecule has 0 spiro atoms. The van der Waals surface area contributed by atoms with E-state index in [2.05, 4.69) is 34.5 Å². The van der Waals surface area contributed by atoms with E-state index in [0.29, 0.717) is 6.10 Å². The van der Waals surface area contributed by atoms with Crippen LogP contribution < -0.4 is 10.2 Å². The minimum absolute atomic E-state index is 0.398. The maximum absolute atomic E-state index is 5.68. The van der Waals surface area contributed by atoms with Crippen LogP contribution in [0.4, 0.5) is 11.4 Å². The van der Waals surface area contributed by atoms with Crippen LogP contribution >= 0.6 is 0 Å². The summed E-state index contributed by atoms with van der Waals surface area (Å²) in [4.78, 5) is 2.52. The van der Waals surface area contributed by atoms with E-state index in [1.807, 2.05) is 0 Å². The Morgan fingerprint density at radius 2 is 1.95 bits per heavy atom. The van der Waals surface area contributed by atoms with Gasteiger partial charge in [0.25, 0.3) is 0 Å². The summed E-state index contributed by atoms with van der Waals surface area (Å²) in [7, 11) is 0. The van der Waals surface area contributed by atoms with Gasteiger partial charge in [-0.1, -0.05) is 12.1 Å². The van der Waals surface area contributed by atoms with Crippen LogP contribution in [-0.4, -0.2) is 32.3 Å². The molecule has 1 unspecified atom stereocenters. The first kappa shape index (κ1) is 12.8. The lowest BCUT2D eigenvalue weighted by Crippen LogP contribution is -2.30. The number of hydrogen-bond acceptors (Lipinski definition) is 3. The highest BCUT2D eigenvalue weighted by Gasteiger charge is 2.17. The maximum Gasteiger partial charge on any atom is 0.0748 e. The highest BCUT2D eigenvalue weighted by molar-refractivity contribution is 5.70. The standard InChI is InChI=1S/C16H24N2O/c1-4-10-18(11-5-1)16-9-3-2-8-15(16)17-13-14-7-6-12-19-14/h2-3,8-9,14,17H,1,4-7,10-13H2. The summed E-state index contributed by atoms with van der Waals surface area (Å²) >= 11 is 0. The van der Waals surface area contributed by atoms with Gasteiger partial charge in [0, 0.05) is 26.2 Å². The van der Waals surface area contributed by atoms with Gasteiger partial charge in [-0.05, 0) is 44.2 Å². The number of hydrogen-bond donors (Lipinski definition) is 1. The van der Waals surface area contributed by atoms with Gasteiger partial charge in [-0.15, -0.1) is 0 Å². The molecule has 2 fully saturated rings. The molecule has 104 valence electrons. The highest BCUT2D eigenvalue weighted by Crippen LogP contribution is 2.28. The summed E-state index contributed by atoms with van der Waals surface area (Å²) in [5.74, 6) is 0. The van der Waals surface area contributed by atoms with E-state index < -0.39 is 0 Å². The Hall–Kier alpha value is -1.22. The number of ether oxygens (including phenoxy) is 1. The van der Waals surface area contributed by atoms with Gasteiger partial charge in [-0.25, -0.2) is 0 Å². The van der Waals surface area contributed by atoms with Crippen LogP contribution in [0.15, 0.2) is 24.3 Å². The normalized spacial score (nSPS) is 23.6. The van der Waals surface area contributed by atoms with Crippen LogP contribution in [0.25, 0.3) is 0 Å². The first-order valence-corrected chi connectivity index (χ1v) is 7.63. The second-order valence-electron chi connectivity index (χ2n) is 5.58. The quantitative estimate of drug-likeness (QED) is 0.899. The van der Waals surface area contributed by atoms with Gasteiger partial charge in [0.15, 0.2) is 0 Å². The molecule has 0 aromatic heterocycles. The van der Waals surface area contributed by atoms with Crippen molar-refractivity contribution >= 4 is 11.4 Å². The lowest BCUT2D eigenvalue weighted by Gasteiger charge is -2.31. The van der Waals surface area contributed by atoms with E-state index >= 15 is 0 Å². The van der Waals surface area contributed by atoms with Crippen molar-refractivity contribution < 1.29 is 4.74 Å². The number of nitrogens with one attached hydrogen (secondary N) is 1. The number of benzene rings is 1. The zero-order valence-electron chi connectivity index (χ0n) is 11.6. The highest BCUT2D eigenvalue weighted by atomic mass is 16.5. The lowest BCUT2D eigenvalue weighted by molar-refractivity contribution is 0.120. The summed E-state index contributed by atoms with van der Waals surface area (Å²) in [6.07, 6.45) is 6.82. The molecule has 2 saturated heterocycles. The van der Waals surface area contributed by atoms with Gasteiger partial charge < -0.3 is 15.0 Å². The van der Waals surface area contributed by atoms with Crippen molar-refractivity contribution in [3.63, 3.8) is 0 Å². The largest absolute Gasteiger partial charge is 0.381 e. The predicted molar refractivity (Wildman–Crippen MR) is 80.0 cm³/mol. The minimum Gasteiger partial charge on any atom is -0.381 e.